The molecule has 3 aliphatic rings. The molecule has 4 rings (SSSR count). The number of likely N-dealkylation sites (tertiary alicyclic amines) is 2. The van der Waals surface area contributed by atoms with Gasteiger partial charge < -0.3 is 4.90 Å². The molecule has 0 radical (unpaired) electrons. The van der Waals surface area contributed by atoms with Gasteiger partial charge in [0, 0.05) is 32.2 Å². The number of hydrogen-bond donors (Lipinski definition) is 2. The molecule has 1 aromatic carbocycles. The number of hydrazine groups is 1. The Morgan fingerprint density at radius 1 is 1.12 bits per heavy atom. The van der Waals surface area contributed by atoms with Crippen molar-refractivity contribution in [1.29, 1.82) is 0 Å². The van der Waals surface area contributed by atoms with Crippen molar-refractivity contribution in [3.05, 3.63) is 35.9 Å². The van der Waals surface area contributed by atoms with Crippen LogP contribution in [0.3, 0.4) is 0 Å². The second kappa shape index (κ2) is 8.07. The lowest BCUT2D eigenvalue weighted by molar-refractivity contribution is -0.133. The molecule has 1 amide bonds. The molecule has 0 bridgehead atoms. The lowest BCUT2D eigenvalue weighted by Gasteiger charge is -2.36. The Bertz CT molecular complexity index is 599. The van der Waals surface area contributed by atoms with E-state index in [-0.39, 0.29) is 0 Å². The van der Waals surface area contributed by atoms with Gasteiger partial charge in [0.15, 0.2) is 0 Å². The van der Waals surface area contributed by atoms with Crippen LogP contribution in [-0.2, 0) is 4.79 Å². The minimum Gasteiger partial charge on any atom is -0.342 e. The van der Waals surface area contributed by atoms with Gasteiger partial charge in [-0.25, -0.2) is 0 Å². The van der Waals surface area contributed by atoms with Gasteiger partial charge in [-0.05, 0) is 49.1 Å². The summed E-state index contributed by atoms with van der Waals surface area (Å²) in [7, 11) is 0. The number of carbonyl (C=O) groups is 1. The molecule has 3 atom stereocenters. The van der Waals surface area contributed by atoms with E-state index in [1.807, 2.05) is 0 Å². The van der Waals surface area contributed by atoms with Crippen molar-refractivity contribution >= 4 is 5.91 Å². The van der Waals surface area contributed by atoms with Crippen LogP contribution in [-0.4, -0.2) is 61.0 Å². The molecular weight excluding hydrogens is 324 g/mol. The van der Waals surface area contributed by atoms with E-state index >= 15 is 0 Å². The quantitative estimate of drug-likeness (QED) is 0.864. The molecule has 2 N–H and O–H groups in total. The third-order valence-electron chi connectivity index (χ3n) is 6.61. The molecule has 5 heteroatoms. The van der Waals surface area contributed by atoms with E-state index in [1.54, 1.807) is 0 Å². The van der Waals surface area contributed by atoms with Gasteiger partial charge in [-0.2, -0.15) is 0 Å². The van der Waals surface area contributed by atoms with Crippen LogP contribution >= 0.6 is 0 Å². The summed E-state index contributed by atoms with van der Waals surface area (Å²) < 4.78 is 0. The fourth-order valence-corrected chi connectivity index (χ4v) is 4.96. The summed E-state index contributed by atoms with van der Waals surface area (Å²) in [5.74, 6) is 2.28. The van der Waals surface area contributed by atoms with Crippen molar-refractivity contribution in [3.63, 3.8) is 0 Å². The van der Waals surface area contributed by atoms with Crippen LogP contribution in [0.2, 0.25) is 0 Å². The second-order valence-electron chi connectivity index (χ2n) is 8.38. The molecule has 5 nitrogen and oxygen atoms in total. The van der Waals surface area contributed by atoms with Crippen LogP contribution in [0.1, 0.15) is 37.7 Å². The van der Waals surface area contributed by atoms with Crippen LogP contribution in [0.5, 0.6) is 0 Å². The van der Waals surface area contributed by atoms with E-state index in [4.69, 9.17) is 0 Å². The Kier molecular flexibility index (Phi) is 5.57. The molecule has 1 aromatic rings. The van der Waals surface area contributed by atoms with Gasteiger partial charge in [-0.1, -0.05) is 37.3 Å². The molecule has 0 aliphatic carbocycles. The molecule has 3 fully saturated rings. The van der Waals surface area contributed by atoms with Gasteiger partial charge in [0.05, 0.1) is 6.54 Å². The number of nitrogens with zero attached hydrogens (tertiary/aromatic N) is 2. The van der Waals surface area contributed by atoms with Crippen LogP contribution in [0.4, 0.5) is 0 Å². The number of carbonyl (C=O) groups excluding carboxylic acids is 1. The Hall–Kier alpha value is -1.43. The number of nitrogens with one attached hydrogen (secondary N) is 2. The highest BCUT2D eigenvalue weighted by atomic mass is 16.2. The number of amides is 1. The number of benzene rings is 1. The van der Waals surface area contributed by atoms with Crippen LogP contribution in [0.25, 0.3) is 0 Å². The highest BCUT2D eigenvalue weighted by Gasteiger charge is 2.34. The monoisotopic (exact) mass is 356 g/mol. The van der Waals surface area contributed by atoms with Crippen LogP contribution in [0.15, 0.2) is 30.3 Å². The summed E-state index contributed by atoms with van der Waals surface area (Å²) in [5.41, 5.74) is 8.13. The maximum atomic E-state index is 12.7. The minimum absolute atomic E-state index is 0.322. The van der Waals surface area contributed by atoms with Gasteiger partial charge in [0.2, 0.25) is 5.91 Å². The third kappa shape index (κ3) is 3.95. The average molecular weight is 357 g/mol. The lowest BCUT2D eigenvalue weighted by Crippen LogP contribution is -2.48. The van der Waals surface area contributed by atoms with E-state index in [0.29, 0.717) is 36.2 Å². The summed E-state index contributed by atoms with van der Waals surface area (Å²) in [4.78, 5) is 17.2. The molecule has 0 spiro atoms. The average Bonchev–Trinajstić information content (AvgIpc) is 3.32. The smallest absolute Gasteiger partial charge is 0.236 e. The normalized spacial score (nSPS) is 30.8. The fraction of sp³-hybridized carbons (Fsp3) is 0.667. The first kappa shape index (κ1) is 18.0. The zero-order chi connectivity index (χ0) is 17.9. The van der Waals surface area contributed by atoms with Crippen molar-refractivity contribution < 1.29 is 4.79 Å². The highest BCUT2D eigenvalue weighted by Crippen LogP contribution is 2.28. The van der Waals surface area contributed by atoms with Crippen molar-refractivity contribution in [2.24, 2.45) is 11.8 Å². The van der Waals surface area contributed by atoms with Crippen molar-refractivity contribution in [3.8, 4) is 0 Å². The van der Waals surface area contributed by atoms with E-state index in [1.165, 1.54) is 5.56 Å². The predicted molar refractivity (Wildman–Crippen MR) is 104 cm³/mol. The van der Waals surface area contributed by atoms with Crippen molar-refractivity contribution in [2.45, 2.75) is 38.1 Å². The lowest BCUT2D eigenvalue weighted by atomic mass is 9.84. The molecule has 0 aromatic heterocycles. The maximum absolute atomic E-state index is 12.7. The summed E-state index contributed by atoms with van der Waals surface area (Å²) >= 11 is 0. The predicted octanol–water partition coefficient (Wildman–Crippen LogP) is 1.83. The summed E-state index contributed by atoms with van der Waals surface area (Å²) in [6, 6.07) is 11.3. The summed E-state index contributed by atoms with van der Waals surface area (Å²) in [5, 5.41) is 0. The first-order chi connectivity index (χ1) is 12.7. The van der Waals surface area contributed by atoms with Crippen LogP contribution in [0, 0.1) is 11.8 Å². The summed E-state index contributed by atoms with van der Waals surface area (Å²) in [6.45, 7) is 7.85. The Labute approximate surface area is 157 Å². The van der Waals surface area contributed by atoms with Gasteiger partial charge in [0.1, 0.15) is 0 Å². The molecule has 3 aliphatic heterocycles. The highest BCUT2D eigenvalue weighted by molar-refractivity contribution is 5.78. The first-order valence-corrected chi connectivity index (χ1v) is 10.2. The van der Waals surface area contributed by atoms with Crippen molar-refractivity contribution in [2.75, 3.05) is 39.3 Å². The number of rotatable bonds is 4. The van der Waals surface area contributed by atoms with E-state index in [9.17, 15) is 4.79 Å². The SMILES string of the molecule is CC1CNNC1C1CCN(C(=O)CN2CCC(c3ccccc3)C2)CC1. The zero-order valence-corrected chi connectivity index (χ0v) is 15.9. The van der Waals surface area contributed by atoms with E-state index in [2.05, 4.69) is 57.9 Å². The third-order valence-corrected chi connectivity index (χ3v) is 6.61. The van der Waals surface area contributed by atoms with Crippen molar-refractivity contribution in [1.82, 2.24) is 20.7 Å². The standard InChI is InChI=1S/C21H32N4O/c1-16-13-22-23-21(16)18-8-11-25(12-9-18)20(26)15-24-10-7-19(14-24)17-5-3-2-4-6-17/h2-6,16,18-19,21-23H,7-15H2,1H3. The van der Waals surface area contributed by atoms with E-state index < -0.39 is 0 Å². The molecular formula is C21H32N4O. The second-order valence-corrected chi connectivity index (χ2v) is 8.38. The Morgan fingerprint density at radius 3 is 2.58 bits per heavy atom. The molecule has 3 heterocycles. The fourth-order valence-electron chi connectivity index (χ4n) is 4.96. The van der Waals surface area contributed by atoms with E-state index in [0.717, 1.165) is 52.0 Å². The molecule has 3 saturated heterocycles. The number of hydrogen-bond acceptors (Lipinski definition) is 4. The molecule has 142 valence electrons. The topological polar surface area (TPSA) is 47.6 Å². The Balaban J connectivity index is 1.23. The summed E-state index contributed by atoms with van der Waals surface area (Å²) in [6.07, 6.45) is 3.42. The molecule has 26 heavy (non-hydrogen) atoms. The molecule has 0 saturated carbocycles. The first-order valence-electron chi connectivity index (χ1n) is 10.2. The van der Waals surface area contributed by atoms with Gasteiger partial charge in [-0.3, -0.25) is 20.5 Å². The largest absolute Gasteiger partial charge is 0.342 e. The van der Waals surface area contributed by atoms with Gasteiger partial charge in [0.25, 0.3) is 0 Å². The minimum atomic E-state index is 0.322. The zero-order valence-electron chi connectivity index (χ0n) is 15.9. The van der Waals surface area contributed by atoms with Gasteiger partial charge >= 0.3 is 0 Å². The van der Waals surface area contributed by atoms with Gasteiger partial charge in [-0.15, -0.1) is 0 Å². The maximum Gasteiger partial charge on any atom is 0.236 e. The van der Waals surface area contributed by atoms with Crippen LogP contribution < -0.4 is 10.9 Å². The molecule has 3 unspecified atom stereocenters. The Morgan fingerprint density at radius 2 is 1.88 bits per heavy atom. The number of piperidine rings is 1.